The van der Waals surface area contributed by atoms with Gasteiger partial charge in [-0.25, -0.2) is 0 Å². The number of aromatic nitrogens is 2. The molecule has 1 saturated heterocycles. The monoisotopic (exact) mass is 343 g/mol. The molecule has 24 heavy (non-hydrogen) atoms. The maximum Gasteiger partial charge on any atom is 0.352 e. The zero-order valence-corrected chi connectivity index (χ0v) is 13.7. The number of halogens is 2. The van der Waals surface area contributed by atoms with Crippen molar-refractivity contribution in [3.8, 4) is 0 Å². The van der Waals surface area contributed by atoms with Crippen molar-refractivity contribution >= 4 is 5.91 Å². The van der Waals surface area contributed by atoms with Gasteiger partial charge in [-0.2, -0.15) is 13.9 Å². The Kier molecular flexibility index (Phi) is 4.61. The maximum atomic E-state index is 14.3. The highest BCUT2D eigenvalue weighted by Crippen LogP contribution is 2.42. The molecule has 0 aromatic carbocycles. The molecular formula is C16H23F2N3O3. The largest absolute Gasteiger partial charge is 0.383 e. The Labute approximate surface area is 139 Å². The Morgan fingerprint density at radius 3 is 2.88 bits per heavy atom. The molecule has 8 heteroatoms. The minimum absolute atomic E-state index is 0.0440. The molecule has 0 spiro atoms. The highest BCUT2D eigenvalue weighted by molar-refractivity contribution is 5.84. The second kappa shape index (κ2) is 6.40. The van der Waals surface area contributed by atoms with Gasteiger partial charge in [0.15, 0.2) is 0 Å². The van der Waals surface area contributed by atoms with E-state index in [1.165, 1.54) is 0 Å². The Balaban J connectivity index is 1.62. The zero-order chi connectivity index (χ0) is 17.4. The van der Waals surface area contributed by atoms with Gasteiger partial charge in [-0.3, -0.25) is 9.48 Å². The number of amides is 1. The highest BCUT2D eigenvalue weighted by atomic mass is 19.3. The van der Waals surface area contributed by atoms with E-state index in [1.807, 2.05) is 6.07 Å². The van der Waals surface area contributed by atoms with Crippen LogP contribution in [0.25, 0.3) is 0 Å². The van der Waals surface area contributed by atoms with Gasteiger partial charge in [-0.15, -0.1) is 0 Å². The summed E-state index contributed by atoms with van der Waals surface area (Å²) in [4.78, 5) is 12.0. The van der Waals surface area contributed by atoms with Crippen LogP contribution in [0.1, 0.15) is 43.9 Å². The fourth-order valence-corrected chi connectivity index (χ4v) is 3.65. The molecule has 2 N–H and O–H groups in total. The van der Waals surface area contributed by atoms with E-state index in [9.17, 15) is 18.7 Å². The topological polar surface area (TPSA) is 76.4 Å². The van der Waals surface area contributed by atoms with Crippen LogP contribution in [0.5, 0.6) is 0 Å². The second-order valence-corrected chi connectivity index (χ2v) is 6.74. The van der Waals surface area contributed by atoms with Crippen LogP contribution in [0.15, 0.2) is 12.3 Å². The fourth-order valence-electron chi connectivity index (χ4n) is 3.65. The minimum atomic E-state index is -3.77. The summed E-state index contributed by atoms with van der Waals surface area (Å²) in [5.41, 5.74) is -1.36. The minimum Gasteiger partial charge on any atom is -0.383 e. The molecule has 1 aromatic heterocycles. The average Bonchev–Trinajstić information content (AvgIpc) is 3.25. The van der Waals surface area contributed by atoms with Crippen molar-refractivity contribution in [2.45, 2.75) is 49.7 Å². The summed E-state index contributed by atoms with van der Waals surface area (Å²) in [6.45, 7) is 0.594. The van der Waals surface area contributed by atoms with Gasteiger partial charge in [0.05, 0.1) is 5.69 Å². The number of carbonyl (C=O) groups excluding carboxylic acids is 1. The molecule has 2 fully saturated rings. The number of aliphatic hydroxyl groups is 1. The first-order valence-corrected chi connectivity index (χ1v) is 8.33. The Morgan fingerprint density at radius 2 is 2.25 bits per heavy atom. The van der Waals surface area contributed by atoms with Crippen LogP contribution >= 0.6 is 0 Å². The molecule has 0 unspecified atom stereocenters. The fraction of sp³-hybridized carbons (Fsp3) is 0.750. The summed E-state index contributed by atoms with van der Waals surface area (Å²) in [7, 11) is 1.79. The van der Waals surface area contributed by atoms with Crippen molar-refractivity contribution in [1.82, 2.24) is 15.1 Å². The summed E-state index contributed by atoms with van der Waals surface area (Å²) in [6, 6.07) is 1.82. The van der Waals surface area contributed by atoms with Crippen LogP contribution in [0.2, 0.25) is 0 Å². The van der Waals surface area contributed by atoms with Crippen molar-refractivity contribution < 1.29 is 23.4 Å². The van der Waals surface area contributed by atoms with Gasteiger partial charge in [0.1, 0.15) is 11.7 Å². The molecule has 134 valence electrons. The van der Waals surface area contributed by atoms with Crippen molar-refractivity contribution in [2.24, 2.45) is 13.0 Å². The average molecular weight is 343 g/mol. The third-order valence-electron chi connectivity index (χ3n) is 5.19. The number of carbonyl (C=O) groups is 1. The number of rotatable bonds is 5. The van der Waals surface area contributed by atoms with Crippen LogP contribution in [-0.4, -0.2) is 45.5 Å². The van der Waals surface area contributed by atoms with E-state index in [4.69, 9.17) is 4.74 Å². The van der Waals surface area contributed by atoms with Crippen molar-refractivity contribution in [1.29, 1.82) is 0 Å². The van der Waals surface area contributed by atoms with E-state index in [1.54, 1.807) is 17.9 Å². The molecule has 0 bridgehead atoms. The standard InChI is InChI=1S/C16H23F2N3O3/c1-21-12(4-8-20-21)13-11(5-9-24-13)10-19-14(22)16(17,18)15(23)6-2-3-7-15/h4,8,11,13,23H,2-3,5-7,9-10H2,1H3,(H,19,22)/t11-,13+/m0/s1. The lowest BCUT2D eigenvalue weighted by Gasteiger charge is -2.31. The summed E-state index contributed by atoms with van der Waals surface area (Å²) < 4.78 is 36.0. The maximum absolute atomic E-state index is 14.3. The number of nitrogens with zero attached hydrogens (tertiary/aromatic N) is 2. The SMILES string of the molecule is Cn1nccc1[C@@H]1OCC[C@H]1CNC(=O)C(F)(F)C1(O)CCCC1. The smallest absolute Gasteiger partial charge is 0.352 e. The molecule has 1 amide bonds. The van der Waals surface area contributed by atoms with E-state index in [-0.39, 0.29) is 31.4 Å². The summed E-state index contributed by atoms with van der Waals surface area (Å²) in [5, 5.41) is 16.5. The molecule has 0 radical (unpaired) electrons. The Morgan fingerprint density at radius 1 is 1.54 bits per heavy atom. The van der Waals surface area contributed by atoms with E-state index in [0.717, 1.165) is 5.69 Å². The van der Waals surface area contributed by atoms with Gasteiger partial charge in [0, 0.05) is 32.3 Å². The van der Waals surface area contributed by atoms with Crippen molar-refractivity contribution in [2.75, 3.05) is 13.2 Å². The van der Waals surface area contributed by atoms with Crippen molar-refractivity contribution in [3.63, 3.8) is 0 Å². The van der Waals surface area contributed by atoms with Crippen LogP contribution in [-0.2, 0) is 16.6 Å². The number of hydrogen-bond donors (Lipinski definition) is 2. The summed E-state index contributed by atoms with van der Waals surface area (Å²) >= 11 is 0. The van der Waals surface area contributed by atoms with E-state index in [2.05, 4.69) is 10.4 Å². The molecular weight excluding hydrogens is 320 g/mol. The molecule has 2 aliphatic rings. The lowest BCUT2D eigenvalue weighted by atomic mass is 9.92. The van der Waals surface area contributed by atoms with E-state index < -0.39 is 17.4 Å². The molecule has 2 atom stereocenters. The Bertz CT molecular complexity index is 599. The van der Waals surface area contributed by atoms with Gasteiger partial charge in [0.2, 0.25) is 0 Å². The van der Waals surface area contributed by atoms with Crippen molar-refractivity contribution in [3.05, 3.63) is 18.0 Å². The number of alkyl halides is 2. The lowest BCUT2D eigenvalue weighted by molar-refractivity contribution is -0.191. The lowest BCUT2D eigenvalue weighted by Crippen LogP contribution is -2.56. The first kappa shape index (κ1) is 17.3. The van der Waals surface area contributed by atoms with Crippen LogP contribution in [0.3, 0.4) is 0 Å². The molecule has 3 rings (SSSR count). The van der Waals surface area contributed by atoms with E-state index in [0.29, 0.717) is 25.9 Å². The third-order valence-corrected chi connectivity index (χ3v) is 5.19. The van der Waals surface area contributed by atoms with Crippen LogP contribution < -0.4 is 5.32 Å². The van der Waals surface area contributed by atoms with Gasteiger partial charge < -0.3 is 15.2 Å². The zero-order valence-electron chi connectivity index (χ0n) is 13.7. The predicted octanol–water partition coefficient (Wildman–Crippen LogP) is 1.55. The molecule has 1 saturated carbocycles. The molecule has 6 nitrogen and oxygen atoms in total. The number of aryl methyl sites for hydroxylation is 1. The predicted molar refractivity (Wildman–Crippen MR) is 81.4 cm³/mol. The molecule has 1 aliphatic heterocycles. The first-order chi connectivity index (χ1) is 11.3. The second-order valence-electron chi connectivity index (χ2n) is 6.74. The number of ether oxygens (including phenoxy) is 1. The normalized spacial score (nSPS) is 26.7. The molecule has 1 aromatic rings. The van der Waals surface area contributed by atoms with Gasteiger partial charge in [0.25, 0.3) is 5.91 Å². The first-order valence-electron chi connectivity index (χ1n) is 8.33. The number of nitrogens with one attached hydrogen (secondary N) is 1. The number of hydrogen-bond acceptors (Lipinski definition) is 4. The van der Waals surface area contributed by atoms with E-state index >= 15 is 0 Å². The quantitative estimate of drug-likeness (QED) is 0.851. The molecule has 1 aliphatic carbocycles. The highest BCUT2D eigenvalue weighted by Gasteiger charge is 2.59. The Hall–Kier alpha value is -1.54. The summed E-state index contributed by atoms with van der Waals surface area (Å²) in [5.74, 6) is -5.27. The van der Waals surface area contributed by atoms with Crippen LogP contribution in [0.4, 0.5) is 8.78 Å². The van der Waals surface area contributed by atoms with Gasteiger partial charge in [-0.05, 0) is 25.3 Å². The van der Waals surface area contributed by atoms with Gasteiger partial charge >= 0.3 is 5.92 Å². The van der Waals surface area contributed by atoms with Crippen LogP contribution in [0, 0.1) is 5.92 Å². The molecule has 2 heterocycles. The van der Waals surface area contributed by atoms with Gasteiger partial charge in [-0.1, -0.05) is 12.8 Å². The summed E-state index contributed by atoms with van der Waals surface area (Å²) in [6.07, 6.45) is 2.98. The third kappa shape index (κ3) is 2.93.